The molecule has 114 valence electrons. The lowest BCUT2D eigenvalue weighted by molar-refractivity contribution is -0.142. The number of nitrogen functional groups attached to an aromatic ring is 1. The summed E-state index contributed by atoms with van der Waals surface area (Å²) >= 11 is 0. The summed E-state index contributed by atoms with van der Waals surface area (Å²) in [7, 11) is 1.17. The van der Waals surface area contributed by atoms with Gasteiger partial charge in [0.25, 0.3) is 5.91 Å². The summed E-state index contributed by atoms with van der Waals surface area (Å²) in [6.07, 6.45) is -0.297. The molecule has 0 unspecified atom stereocenters. The van der Waals surface area contributed by atoms with Crippen molar-refractivity contribution in [1.29, 1.82) is 0 Å². The molecule has 0 heterocycles. The SMILES string of the molecule is COC(=O)CC[C@H](NC(=O)c1ccc(N)c(F)c1)C(=O)O. The number of hydrogen-bond acceptors (Lipinski definition) is 5. The second-order valence-electron chi connectivity index (χ2n) is 4.22. The molecule has 1 rings (SSSR count). The highest BCUT2D eigenvalue weighted by Crippen LogP contribution is 2.12. The van der Waals surface area contributed by atoms with Gasteiger partial charge in [0.2, 0.25) is 0 Å². The number of amides is 1. The molecule has 4 N–H and O–H groups in total. The molecule has 0 saturated heterocycles. The molecule has 0 bridgehead atoms. The first kappa shape index (κ1) is 16.4. The zero-order chi connectivity index (χ0) is 16.0. The van der Waals surface area contributed by atoms with Gasteiger partial charge in [-0.3, -0.25) is 9.59 Å². The lowest BCUT2D eigenvalue weighted by atomic mass is 10.1. The van der Waals surface area contributed by atoms with E-state index in [9.17, 15) is 18.8 Å². The minimum atomic E-state index is -1.30. The Balaban J connectivity index is 2.74. The molecule has 1 atom stereocenters. The number of halogens is 1. The standard InChI is InChI=1S/C13H15FN2O5/c1-21-11(17)5-4-10(13(19)20)16-12(18)7-2-3-9(15)8(14)6-7/h2-3,6,10H,4-5,15H2,1H3,(H,16,18)(H,19,20)/t10-/m0/s1. The number of ether oxygens (including phenoxy) is 1. The fraction of sp³-hybridized carbons (Fsp3) is 0.308. The highest BCUT2D eigenvalue weighted by atomic mass is 19.1. The average molecular weight is 298 g/mol. The van der Waals surface area contributed by atoms with Gasteiger partial charge in [0.15, 0.2) is 0 Å². The van der Waals surface area contributed by atoms with E-state index in [1.54, 1.807) is 0 Å². The second-order valence-corrected chi connectivity index (χ2v) is 4.22. The third-order valence-corrected chi connectivity index (χ3v) is 2.73. The highest BCUT2D eigenvalue weighted by molar-refractivity contribution is 5.96. The predicted octanol–water partition coefficient (Wildman–Crippen LogP) is 0.544. The second kappa shape index (κ2) is 7.22. The van der Waals surface area contributed by atoms with Crippen LogP contribution < -0.4 is 11.1 Å². The van der Waals surface area contributed by atoms with Gasteiger partial charge < -0.3 is 20.9 Å². The van der Waals surface area contributed by atoms with E-state index in [0.717, 1.165) is 6.07 Å². The number of methoxy groups -OCH3 is 1. The summed E-state index contributed by atoms with van der Waals surface area (Å²) in [6, 6.07) is 2.10. The zero-order valence-corrected chi connectivity index (χ0v) is 11.3. The summed E-state index contributed by atoms with van der Waals surface area (Å²) in [5.74, 6) is -3.44. The van der Waals surface area contributed by atoms with Crippen molar-refractivity contribution >= 4 is 23.5 Å². The molecular weight excluding hydrogens is 283 g/mol. The van der Waals surface area contributed by atoms with Crippen molar-refractivity contribution < 1.29 is 28.6 Å². The van der Waals surface area contributed by atoms with Crippen LogP contribution in [0.3, 0.4) is 0 Å². The Kier molecular flexibility index (Phi) is 5.65. The van der Waals surface area contributed by atoms with Crippen LogP contribution in [0.25, 0.3) is 0 Å². The molecule has 0 aromatic heterocycles. The Bertz CT molecular complexity index is 561. The van der Waals surface area contributed by atoms with Crippen molar-refractivity contribution in [3.63, 3.8) is 0 Å². The van der Waals surface area contributed by atoms with Crippen LogP contribution in [0.2, 0.25) is 0 Å². The van der Waals surface area contributed by atoms with Crippen LogP contribution in [0.1, 0.15) is 23.2 Å². The number of nitrogens with one attached hydrogen (secondary N) is 1. The van der Waals surface area contributed by atoms with E-state index < -0.39 is 29.7 Å². The molecule has 0 saturated carbocycles. The molecule has 0 fully saturated rings. The number of nitrogens with two attached hydrogens (primary N) is 1. The summed E-state index contributed by atoms with van der Waals surface area (Å²) < 4.78 is 17.6. The number of carboxylic acids is 1. The number of hydrogen-bond donors (Lipinski definition) is 3. The van der Waals surface area contributed by atoms with Crippen LogP contribution in [-0.4, -0.2) is 36.1 Å². The Morgan fingerprint density at radius 1 is 1.43 bits per heavy atom. The minimum Gasteiger partial charge on any atom is -0.480 e. The lowest BCUT2D eigenvalue weighted by Crippen LogP contribution is -2.41. The van der Waals surface area contributed by atoms with Gasteiger partial charge in [-0.25, -0.2) is 9.18 Å². The van der Waals surface area contributed by atoms with Crippen molar-refractivity contribution in [2.45, 2.75) is 18.9 Å². The Hall–Kier alpha value is -2.64. The molecular formula is C13H15FN2O5. The van der Waals surface area contributed by atoms with Gasteiger partial charge in [-0.1, -0.05) is 0 Å². The maximum Gasteiger partial charge on any atom is 0.326 e. The molecule has 0 aliphatic carbocycles. The van der Waals surface area contributed by atoms with Gasteiger partial charge in [-0.2, -0.15) is 0 Å². The zero-order valence-electron chi connectivity index (χ0n) is 11.3. The summed E-state index contributed by atoms with van der Waals surface area (Å²) in [5, 5.41) is 11.2. The van der Waals surface area contributed by atoms with Crippen LogP contribution in [0.5, 0.6) is 0 Å². The lowest BCUT2D eigenvalue weighted by Gasteiger charge is -2.14. The van der Waals surface area contributed by atoms with E-state index in [2.05, 4.69) is 10.1 Å². The van der Waals surface area contributed by atoms with E-state index in [0.29, 0.717) is 0 Å². The van der Waals surface area contributed by atoms with Crippen LogP contribution in [0, 0.1) is 5.82 Å². The predicted molar refractivity (Wildman–Crippen MR) is 71.0 cm³/mol. The van der Waals surface area contributed by atoms with E-state index in [1.165, 1.54) is 19.2 Å². The molecule has 8 heteroatoms. The number of carbonyl (C=O) groups excluding carboxylic acids is 2. The molecule has 1 amide bonds. The smallest absolute Gasteiger partial charge is 0.326 e. The van der Waals surface area contributed by atoms with Crippen LogP contribution in [-0.2, 0) is 14.3 Å². The molecule has 0 aliphatic rings. The first-order chi connectivity index (χ1) is 9.85. The number of carboxylic acid groups (broad SMARTS) is 1. The van der Waals surface area contributed by atoms with Gasteiger partial charge in [0.05, 0.1) is 12.8 Å². The van der Waals surface area contributed by atoms with Crippen molar-refractivity contribution in [2.24, 2.45) is 0 Å². The Morgan fingerprint density at radius 3 is 2.62 bits per heavy atom. The number of anilines is 1. The number of esters is 1. The highest BCUT2D eigenvalue weighted by Gasteiger charge is 2.22. The van der Waals surface area contributed by atoms with E-state index >= 15 is 0 Å². The maximum absolute atomic E-state index is 13.3. The van der Waals surface area contributed by atoms with Gasteiger partial charge >= 0.3 is 11.9 Å². The fourth-order valence-corrected chi connectivity index (χ4v) is 1.53. The minimum absolute atomic E-state index is 0.0639. The Morgan fingerprint density at radius 2 is 2.10 bits per heavy atom. The third-order valence-electron chi connectivity index (χ3n) is 2.73. The summed E-state index contributed by atoms with van der Waals surface area (Å²) in [6.45, 7) is 0. The topological polar surface area (TPSA) is 119 Å². The van der Waals surface area contributed by atoms with Gasteiger partial charge in [0.1, 0.15) is 11.9 Å². The van der Waals surface area contributed by atoms with Crippen molar-refractivity contribution in [1.82, 2.24) is 5.32 Å². The summed E-state index contributed by atoms with van der Waals surface area (Å²) in [4.78, 5) is 33.9. The fourth-order valence-electron chi connectivity index (χ4n) is 1.53. The Labute approximate surface area is 119 Å². The molecule has 0 aliphatic heterocycles. The van der Waals surface area contributed by atoms with Crippen LogP contribution in [0.4, 0.5) is 10.1 Å². The monoisotopic (exact) mass is 298 g/mol. The molecule has 0 radical (unpaired) electrons. The van der Waals surface area contributed by atoms with Crippen LogP contribution in [0.15, 0.2) is 18.2 Å². The van der Waals surface area contributed by atoms with E-state index in [1.807, 2.05) is 0 Å². The van der Waals surface area contributed by atoms with Crippen molar-refractivity contribution in [2.75, 3.05) is 12.8 Å². The van der Waals surface area contributed by atoms with Crippen LogP contribution >= 0.6 is 0 Å². The largest absolute Gasteiger partial charge is 0.480 e. The number of rotatable bonds is 6. The average Bonchev–Trinajstić information content (AvgIpc) is 2.45. The maximum atomic E-state index is 13.3. The third kappa shape index (κ3) is 4.75. The molecule has 21 heavy (non-hydrogen) atoms. The quantitative estimate of drug-likeness (QED) is 0.521. The number of aliphatic carboxylic acids is 1. The van der Waals surface area contributed by atoms with Gasteiger partial charge in [-0.05, 0) is 24.6 Å². The van der Waals surface area contributed by atoms with Crippen molar-refractivity contribution in [3.05, 3.63) is 29.6 Å². The normalized spacial score (nSPS) is 11.5. The molecule has 0 spiro atoms. The van der Waals surface area contributed by atoms with Gasteiger partial charge in [-0.15, -0.1) is 0 Å². The van der Waals surface area contributed by atoms with E-state index in [4.69, 9.17) is 10.8 Å². The summed E-state index contributed by atoms with van der Waals surface area (Å²) in [5.41, 5.74) is 5.10. The molecule has 1 aromatic rings. The number of carbonyl (C=O) groups is 3. The first-order valence-corrected chi connectivity index (χ1v) is 6.00. The van der Waals surface area contributed by atoms with Crippen molar-refractivity contribution in [3.8, 4) is 0 Å². The number of benzene rings is 1. The molecule has 7 nitrogen and oxygen atoms in total. The van der Waals surface area contributed by atoms with Gasteiger partial charge in [0, 0.05) is 12.0 Å². The molecule has 1 aromatic carbocycles. The first-order valence-electron chi connectivity index (χ1n) is 6.00. The van der Waals surface area contributed by atoms with E-state index in [-0.39, 0.29) is 24.1 Å².